The summed E-state index contributed by atoms with van der Waals surface area (Å²) in [5.74, 6) is 0.0203. The Hall–Kier alpha value is -1.88. The molecule has 0 aromatic carbocycles. The van der Waals surface area contributed by atoms with Gasteiger partial charge in [0.2, 0.25) is 0 Å². The van der Waals surface area contributed by atoms with Gasteiger partial charge < -0.3 is 15.0 Å². The fraction of sp³-hybridized carbons (Fsp3) is 0.467. The summed E-state index contributed by atoms with van der Waals surface area (Å²) in [6.07, 6.45) is 10.0. The van der Waals surface area contributed by atoms with E-state index in [1.807, 2.05) is 28.9 Å². The predicted molar refractivity (Wildman–Crippen MR) is 75.6 cm³/mol. The Morgan fingerprint density at radius 3 is 2.90 bits per heavy atom. The number of imidazole rings is 1. The van der Waals surface area contributed by atoms with Crippen LogP contribution >= 0.6 is 0 Å². The van der Waals surface area contributed by atoms with E-state index in [1.54, 1.807) is 6.20 Å². The summed E-state index contributed by atoms with van der Waals surface area (Å²) in [6.45, 7) is 0. The molecule has 104 valence electrons. The molecule has 2 unspecified atom stereocenters. The van der Waals surface area contributed by atoms with Crippen LogP contribution < -0.4 is 10.6 Å². The third-order valence-corrected chi connectivity index (χ3v) is 4.46. The normalized spacial score (nSPS) is 28.7. The lowest BCUT2D eigenvalue weighted by molar-refractivity contribution is 0.0923. The smallest absolute Gasteiger partial charge is 0.252 e. The zero-order valence-electron chi connectivity index (χ0n) is 11.2. The SMILES string of the molecule is O=C(NC1CC2CCC(C1)N2)c1ccc2nccn2c1. The molecule has 2 atom stereocenters. The van der Waals surface area contributed by atoms with E-state index in [9.17, 15) is 4.79 Å². The summed E-state index contributed by atoms with van der Waals surface area (Å²) >= 11 is 0. The van der Waals surface area contributed by atoms with Crippen LogP contribution in [-0.2, 0) is 0 Å². The van der Waals surface area contributed by atoms with Crippen LogP contribution in [0, 0.1) is 0 Å². The van der Waals surface area contributed by atoms with E-state index < -0.39 is 0 Å². The number of hydrogen-bond acceptors (Lipinski definition) is 3. The zero-order valence-corrected chi connectivity index (χ0v) is 11.2. The first-order valence-electron chi connectivity index (χ1n) is 7.27. The minimum absolute atomic E-state index is 0.0203. The highest BCUT2D eigenvalue weighted by molar-refractivity contribution is 5.94. The maximum atomic E-state index is 12.3. The van der Waals surface area contributed by atoms with Gasteiger partial charge in [0.25, 0.3) is 5.91 Å². The number of fused-ring (bicyclic) bond motifs is 3. The fourth-order valence-corrected chi connectivity index (χ4v) is 3.50. The third kappa shape index (κ3) is 2.08. The van der Waals surface area contributed by atoms with E-state index in [0.717, 1.165) is 18.5 Å². The van der Waals surface area contributed by atoms with Gasteiger partial charge >= 0.3 is 0 Å². The van der Waals surface area contributed by atoms with E-state index in [1.165, 1.54) is 12.8 Å². The van der Waals surface area contributed by atoms with Crippen molar-refractivity contribution in [2.75, 3.05) is 0 Å². The Bertz CT molecular complexity index is 638. The minimum Gasteiger partial charge on any atom is -0.349 e. The number of pyridine rings is 1. The molecule has 2 aromatic heterocycles. The number of carbonyl (C=O) groups is 1. The van der Waals surface area contributed by atoms with Crippen LogP contribution in [0.4, 0.5) is 0 Å². The molecule has 0 aliphatic carbocycles. The number of carbonyl (C=O) groups excluding carboxylic acids is 1. The number of aromatic nitrogens is 2. The molecule has 2 aromatic rings. The third-order valence-electron chi connectivity index (χ3n) is 4.46. The molecule has 2 bridgehead atoms. The van der Waals surface area contributed by atoms with Gasteiger partial charge in [-0.15, -0.1) is 0 Å². The summed E-state index contributed by atoms with van der Waals surface area (Å²) in [5.41, 5.74) is 1.56. The number of piperidine rings is 1. The summed E-state index contributed by atoms with van der Waals surface area (Å²) in [4.78, 5) is 16.5. The van der Waals surface area contributed by atoms with Gasteiger partial charge in [-0.1, -0.05) is 0 Å². The maximum Gasteiger partial charge on any atom is 0.252 e. The lowest BCUT2D eigenvalue weighted by atomic mass is 9.99. The van der Waals surface area contributed by atoms with Gasteiger partial charge in [-0.2, -0.15) is 0 Å². The number of nitrogens with zero attached hydrogens (tertiary/aromatic N) is 2. The van der Waals surface area contributed by atoms with E-state index in [0.29, 0.717) is 23.7 Å². The maximum absolute atomic E-state index is 12.3. The summed E-state index contributed by atoms with van der Waals surface area (Å²) < 4.78 is 1.88. The summed E-state index contributed by atoms with van der Waals surface area (Å²) in [5, 5.41) is 6.77. The monoisotopic (exact) mass is 270 g/mol. The number of amides is 1. The lowest BCUT2D eigenvalue weighted by Gasteiger charge is -2.29. The fourth-order valence-electron chi connectivity index (χ4n) is 3.50. The molecule has 0 radical (unpaired) electrons. The van der Waals surface area contributed by atoms with Gasteiger partial charge in [0.1, 0.15) is 5.65 Å². The average Bonchev–Trinajstić information content (AvgIpc) is 3.04. The first-order valence-corrected chi connectivity index (χ1v) is 7.27. The largest absolute Gasteiger partial charge is 0.349 e. The Balaban J connectivity index is 1.49. The first-order chi connectivity index (χ1) is 9.78. The second kappa shape index (κ2) is 4.59. The van der Waals surface area contributed by atoms with Gasteiger partial charge in [0.05, 0.1) is 5.56 Å². The second-order valence-corrected chi connectivity index (χ2v) is 5.89. The van der Waals surface area contributed by atoms with Gasteiger partial charge in [0, 0.05) is 36.7 Å². The zero-order chi connectivity index (χ0) is 13.5. The van der Waals surface area contributed by atoms with E-state index >= 15 is 0 Å². The summed E-state index contributed by atoms with van der Waals surface area (Å²) in [6, 6.07) is 5.21. The molecule has 2 fully saturated rings. The minimum atomic E-state index is 0.0203. The van der Waals surface area contributed by atoms with Crippen molar-refractivity contribution in [3.8, 4) is 0 Å². The summed E-state index contributed by atoms with van der Waals surface area (Å²) in [7, 11) is 0. The van der Waals surface area contributed by atoms with Crippen molar-refractivity contribution in [2.24, 2.45) is 0 Å². The molecule has 0 spiro atoms. The Kier molecular flexibility index (Phi) is 2.73. The standard InChI is InChI=1S/C15H18N4O/c20-15(10-1-4-14-16-5-6-19(14)9-10)18-13-7-11-2-3-12(8-13)17-11/h1,4-6,9,11-13,17H,2-3,7-8H2,(H,18,20). The van der Waals surface area contributed by atoms with Gasteiger partial charge in [0.15, 0.2) is 0 Å². The molecule has 2 saturated heterocycles. The van der Waals surface area contributed by atoms with Crippen LogP contribution in [0.2, 0.25) is 0 Å². The van der Waals surface area contributed by atoms with Crippen LogP contribution in [0.15, 0.2) is 30.7 Å². The topological polar surface area (TPSA) is 58.4 Å². The first kappa shape index (κ1) is 11.9. The van der Waals surface area contributed by atoms with Crippen LogP contribution in [0.1, 0.15) is 36.0 Å². The van der Waals surface area contributed by atoms with Crippen molar-refractivity contribution in [1.82, 2.24) is 20.0 Å². The number of nitrogens with one attached hydrogen (secondary N) is 2. The number of hydrogen-bond donors (Lipinski definition) is 2. The molecule has 4 heterocycles. The molecule has 20 heavy (non-hydrogen) atoms. The molecule has 4 rings (SSSR count). The molecule has 5 heteroatoms. The van der Waals surface area contributed by atoms with Gasteiger partial charge in [-0.25, -0.2) is 4.98 Å². The van der Waals surface area contributed by atoms with Crippen LogP contribution in [0.3, 0.4) is 0 Å². The van der Waals surface area contributed by atoms with Crippen molar-refractivity contribution in [3.05, 3.63) is 36.3 Å². The molecule has 2 N–H and O–H groups in total. The highest BCUT2D eigenvalue weighted by Crippen LogP contribution is 2.26. The Labute approximate surface area is 117 Å². The van der Waals surface area contributed by atoms with Crippen molar-refractivity contribution in [2.45, 2.75) is 43.8 Å². The molecule has 1 amide bonds. The molecule has 0 saturated carbocycles. The van der Waals surface area contributed by atoms with Crippen LogP contribution in [0.5, 0.6) is 0 Å². The van der Waals surface area contributed by atoms with Crippen molar-refractivity contribution < 1.29 is 4.79 Å². The van der Waals surface area contributed by atoms with Crippen molar-refractivity contribution >= 4 is 11.6 Å². The molecular formula is C15H18N4O. The van der Waals surface area contributed by atoms with Crippen LogP contribution in [0.25, 0.3) is 5.65 Å². The molecule has 5 nitrogen and oxygen atoms in total. The van der Waals surface area contributed by atoms with E-state index in [-0.39, 0.29) is 5.91 Å². The van der Waals surface area contributed by atoms with E-state index in [4.69, 9.17) is 0 Å². The highest BCUT2D eigenvalue weighted by Gasteiger charge is 2.34. The van der Waals surface area contributed by atoms with E-state index in [2.05, 4.69) is 15.6 Å². The lowest BCUT2D eigenvalue weighted by Crippen LogP contribution is -2.48. The number of rotatable bonds is 2. The Morgan fingerprint density at radius 1 is 1.30 bits per heavy atom. The molecule has 2 aliphatic rings. The molecule has 2 aliphatic heterocycles. The van der Waals surface area contributed by atoms with Crippen molar-refractivity contribution in [3.63, 3.8) is 0 Å². The average molecular weight is 270 g/mol. The Morgan fingerprint density at radius 2 is 2.10 bits per heavy atom. The highest BCUT2D eigenvalue weighted by atomic mass is 16.1. The predicted octanol–water partition coefficient (Wildman–Crippen LogP) is 1.35. The van der Waals surface area contributed by atoms with Crippen LogP contribution in [-0.4, -0.2) is 33.4 Å². The van der Waals surface area contributed by atoms with Gasteiger partial charge in [-0.05, 0) is 37.8 Å². The molecular weight excluding hydrogens is 252 g/mol. The second-order valence-electron chi connectivity index (χ2n) is 5.89. The van der Waals surface area contributed by atoms with Gasteiger partial charge in [-0.3, -0.25) is 4.79 Å². The van der Waals surface area contributed by atoms with Crippen molar-refractivity contribution in [1.29, 1.82) is 0 Å². The quantitative estimate of drug-likeness (QED) is 0.866.